The van der Waals surface area contributed by atoms with Crippen molar-refractivity contribution >= 4 is 11.9 Å². The van der Waals surface area contributed by atoms with Crippen LogP contribution in [0.2, 0.25) is 0 Å². The van der Waals surface area contributed by atoms with Gasteiger partial charge in [-0.2, -0.15) is 0 Å². The summed E-state index contributed by atoms with van der Waals surface area (Å²) in [5.41, 5.74) is 0. The molecule has 0 saturated carbocycles. The predicted molar refractivity (Wildman–Crippen MR) is 83.5 cm³/mol. The molecular formula is C16H31NO4. The monoisotopic (exact) mass is 301 g/mol. The van der Waals surface area contributed by atoms with Gasteiger partial charge in [-0.1, -0.05) is 65.2 Å². The predicted octanol–water partition coefficient (Wildman–Crippen LogP) is 3.42. The number of rotatable bonds is 14. The molecule has 2 unspecified atom stereocenters. The van der Waals surface area contributed by atoms with Crippen LogP contribution in [-0.4, -0.2) is 34.2 Å². The third kappa shape index (κ3) is 10.3. The third-order valence-electron chi connectivity index (χ3n) is 3.69. The van der Waals surface area contributed by atoms with Crippen LogP contribution in [0.3, 0.4) is 0 Å². The highest BCUT2D eigenvalue weighted by Crippen LogP contribution is 2.10. The van der Waals surface area contributed by atoms with Crippen molar-refractivity contribution in [3.63, 3.8) is 0 Å². The van der Waals surface area contributed by atoms with Crippen LogP contribution in [0.1, 0.15) is 78.1 Å². The number of hydrogen-bond acceptors (Lipinski definition) is 3. The quantitative estimate of drug-likeness (QED) is 0.428. The third-order valence-corrected chi connectivity index (χ3v) is 3.69. The molecule has 0 aromatic carbocycles. The Hall–Kier alpha value is -1.10. The summed E-state index contributed by atoms with van der Waals surface area (Å²) in [6, 6.07) is -1.51. The lowest BCUT2D eigenvalue weighted by Gasteiger charge is -2.20. The normalized spacial score (nSPS) is 13.8. The lowest BCUT2D eigenvalue weighted by atomic mass is 10.0. The fraction of sp³-hybridized carbons (Fsp3) is 0.875. The van der Waals surface area contributed by atoms with E-state index in [1.807, 2.05) is 0 Å². The number of carbonyl (C=O) groups is 2. The largest absolute Gasteiger partial charge is 0.480 e. The van der Waals surface area contributed by atoms with Gasteiger partial charge in [0.2, 0.25) is 0 Å². The van der Waals surface area contributed by atoms with E-state index in [1.54, 1.807) is 0 Å². The fourth-order valence-electron chi connectivity index (χ4n) is 2.35. The molecule has 0 heterocycles. The summed E-state index contributed by atoms with van der Waals surface area (Å²) >= 11 is 0. The van der Waals surface area contributed by atoms with Gasteiger partial charge in [0.1, 0.15) is 12.1 Å². The second-order valence-corrected chi connectivity index (χ2v) is 5.65. The highest BCUT2D eigenvalue weighted by atomic mass is 16.4. The van der Waals surface area contributed by atoms with Crippen LogP contribution >= 0.6 is 0 Å². The molecule has 2 atom stereocenters. The smallest absolute Gasteiger partial charge is 0.320 e. The Bertz CT molecular complexity index is 266. The zero-order valence-electron chi connectivity index (χ0n) is 13.4. The van der Waals surface area contributed by atoms with Crippen molar-refractivity contribution in [2.75, 3.05) is 0 Å². The first-order chi connectivity index (χ1) is 10.0. The van der Waals surface area contributed by atoms with E-state index in [4.69, 9.17) is 0 Å². The number of unbranched alkanes of at least 4 members (excludes halogenated alkanes) is 6. The maximum Gasteiger partial charge on any atom is 0.320 e. The lowest BCUT2D eigenvalue weighted by Crippen LogP contribution is -2.47. The molecule has 0 amide bonds. The molecule has 3 N–H and O–H groups in total. The summed E-state index contributed by atoms with van der Waals surface area (Å²) < 4.78 is 0. The summed E-state index contributed by atoms with van der Waals surface area (Å²) in [7, 11) is 0. The van der Waals surface area contributed by atoms with E-state index in [0.29, 0.717) is 12.8 Å². The molecule has 0 aliphatic carbocycles. The average Bonchev–Trinajstić information content (AvgIpc) is 2.44. The van der Waals surface area contributed by atoms with E-state index >= 15 is 0 Å². The molecular weight excluding hydrogens is 270 g/mol. The Kier molecular flexibility index (Phi) is 12.0. The highest BCUT2D eigenvalue weighted by Gasteiger charge is 2.25. The average molecular weight is 301 g/mol. The van der Waals surface area contributed by atoms with Crippen LogP contribution in [0.4, 0.5) is 0 Å². The molecule has 0 saturated heterocycles. The number of hydrogen-bond donors (Lipinski definition) is 3. The van der Waals surface area contributed by atoms with Gasteiger partial charge < -0.3 is 10.2 Å². The standard InChI is InChI=1S/C16H31NO4/c1-3-5-7-9-11-13(15(18)19)17-14(16(20)21)12-10-8-6-4-2/h13-14,17H,3-12H2,1-2H3,(H,18,19)(H,20,21). The highest BCUT2D eigenvalue weighted by molar-refractivity contribution is 5.77. The molecule has 0 rings (SSSR count). The van der Waals surface area contributed by atoms with Gasteiger partial charge in [0.05, 0.1) is 0 Å². The zero-order chi connectivity index (χ0) is 16.1. The van der Waals surface area contributed by atoms with E-state index in [1.165, 1.54) is 0 Å². The Labute approximate surface area is 128 Å². The Morgan fingerprint density at radius 3 is 1.43 bits per heavy atom. The van der Waals surface area contributed by atoms with Crippen LogP contribution in [0.5, 0.6) is 0 Å². The summed E-state index contributed by atoms with van der Waals surface area (Å²) in [5, 5.41) is 21.2. The van der Waals surface area contributed by atoms with E-state index in [9.17, 15) is 19.8 Å². The van der Waals surface area contributed by atoms with Crippen molar-refractivity contribution in [3.8, 4) is 0 Å². The molecule has 0 bridgehead atoms. The van der Waals surface area contributed by atoms with Gasteiger partial charge in [0, 0.05) is 0 Å². The number of nitrogens with one attached hydrogen (secondary N) is 1. The fourth-order valence-corrected chi connectivity index (χ4v) is 2.35. The maximum atomic E-state index is 11.2. The summed E-state index contributed by atoms with van der Waals surface area (Å²) in [6.45, 7) is 4.20. The van der Waals surface area contributed by atoms with Crippen LogP contribution in [-0.2, 0) is 9.59 Å². The number of carboxylic acid groups (broad SMARTS) is 2. The van der Waals surface area contributed by atoms with Gasteiger partial charge in [-0.15, -0.1) is 0 Å². The second kappa shape index (κ2) is 12.6. The molecule has 0 aliphatic rings. The molecule has 5 heteroatoms. The molecule has 0 aliphatic heterocycles. The SMILES string of the molecule is CCCCCCC(NC(CCCCCC)C(=O)O)C(=O)O. The molecule has 0 aromatic heterocycles. The minimum Gasteiger partial charge on any atom is -0.480 e. The van der Waals surface area contributed by atoms with Gasteiger partial charge in [0.15, 0.2) is 0 Å². The summed E-state index contributed by atoms with van der Waals surface area (Å²) in [4.78, 5) is 22.5. The molecule has 0 aromatic rings. The first-order valence-corrected chi connectivity index (χ1v) is 8.24. The van der Waals surface area contributed by atoms with Crippen LogP contribution < -0.4 is 5.32 Å². The molecule has 0 fully saturated rings. The summed E-state index contributed by atoms with van der Waals surface area (Å²) in [5.74, 6) is -1.90. The van der Waals surface area contributed by atoms with Crippen molar-refractivity contribution in [1.29, 1.82) is 0 Å². The van der Waals surface area contributed by atoms with E-state index in [2.05, 4.69) is 19.2 Å². The number of carboxylic acids is 2. The van der Waals surface area contributed by atoms with Gasteiger partial charge in [0.25, 0.3) is 0 Å². The Morgan fingerprint density at radius 1 is 0.762 bits per heavy atom. The molecule has 0 radical (unpaired) electrons. The first kappa shape index (κ1) is 19.9. The first-order valence-electron chi connectivity index (χ1n) is 8.24. The summed E-state index contributed by atoms with van der Waals surface area (Å²) in [6.07, 6.45) is 8.99. The Morgan fingerprint density at radius 2 is 1.14 bits per heavy atom. The molecule has 124 valence electrons. The molecule has 21 heavy (non-hydrogen) atoms. The topological polar surface area (TPSA) is 86.6 Å². The molecule has 0 spiro atoms. The van der Waals surface area contributed by atoms with E-state index < -0.39 is 24.0 Å². The van der Waals surface area contributed by atoms with Crippen LogP contribution in [0.15, 0.2) is 0 Å². The minimum atomic E-state index is -0.952. The van der Waals surface area contributed by atoms with Crippen molar-refractivity contribution < 1.29 is 19.8 Å². The second-order valence-electron chi connectivity index (χ2n) is 5.65. The minimum absolute atomic E-state index is 0.494. The van der Waals surface area contributed by atoms with Crippen molar-refractivity contribution in [3.05, 3.63) is 0 Å². The maximum absolute atomic E-state index is 11.2. The number of aliphatic carboxylic acids is 2. The van der Waals surface area contributed by atoms with Gasteiger partial charge >= 0.3 is 11.9 Å². The zero-order valence-corrected chi connectivity index (χ0v) is 13.4. The molecule has 5 nitrogen and oxygen atoms in total. The van der Waals surface area contributed by atoms with Crippen molar-refractivity contribution in [1.82, 2.24) is 5.32 Å². The van der Waals surface area contributed by atoms with Gasteiger partial charge in [-0.05, 0) is 12.8 Å². The van der Waals surface area contributed by atoms with E-state index in [-0.39, 0.29) is 0 Å². The van der Waals surface area contributed by atoms with E-state index in [0.717, 1.165) is 51.4 Å². The Balaban J connectivity index is 4.25. The van der Waals surface area contributed by atoms with Crippen LogP contribution in [0.25, 0.3) is 0 Å². The van der Waals surface area contributed by atoms with Gasteiger partial charge in [-0.25, -0.2) is 0 Å². The van der Waals surface area contributed by atoms with Crippen molar-refractivity contribution in [2.45, 2.75) is 90.1 Å². The van der Waals surface area contributed by atoms with Gasteiger partial charge in [-0.3, -0.25) is 14.9 Å². The van der Waals surface area contributed by atoms with Crippen LogP contribution in [0, 0.1) is 0 Å². The lowest BCUT2D eigenvalue weighted by molar-refractivity contribution is -0.142. The van der Waals surface area contributed by atoms with Crippen molar-refractivity contribution in [2.24, 2.45) is 0 Å².